The molecule has 1 saturated carbocycles. The number of carbonyl (C=O) groups excluding carboxylic acids is 2. The van der Waals surface area contributed by atoms with E-state index in [1.54, 1.807) is 12.3 Å². The van der Waals surface area contributed by atoms with Crippen molar-refractivity contribution in [2.24, 2.45) is 0 Å². The number of halogens is 1. The van der Waals surface area contributed by atoms with Crippen LogP contribution in [0.2, 0.25) is 5.02 Å². The van der Waals surface area contributed by atoms with E-state index in [9.17, 15) is 9.59 Å². The van der Waals surface area contributed by atoms with Gasteiger partial charge in [-0.2, -0.15) is 0 Å². The number of nitrogens with zero attached hydrogens (tertiary/aromatic N) is 1. The molecule has 0 unspecified atom stereocenters. The minimum Gasteiger partial charge on any atom is -0.456 e. The summed E-state index contributed by atoms with van der Waals surface area (Å²) in [4.78, 5) is 29.7. The fourth-order valence-electron chi connectivity index (χ4n) is 4.61. The minimum absolute atomic E-state index is 0.166. The number of nitrogens with one attached hydrogen (secondary N) is 1. The van der Waals surface area contributed by atoms with Crippen molar-refractivity contribution in [1.82, 2.24) is 4.98 Å². The lowest BCUT2D eigenvalue weighted by Gasteiger charge is -2.14. The summed E-state index contributed by atoms with van der Waals surface area (Å²) in [7, 11) is 0. The predicted octanol–water partition coefficient (Wildman–Crippen LogP) is 8.19. The van der Waals surface area contributed by atoms with Gasteiger partial charge in [-0.3, -0.25) is 10.1 Å². The molecule has 0 aliphatic heterocycles. The molecule has 0 atom stereocenters. The maximum Gasteiger partial charge on any atom is 0.412 e. The lowest BCUT2D eigenvalue weighted by atomic mass is 9.99. The van der Waals surface area contributed by atoms with E-state index in [2.05, 4.69) is 10.3 Å². The molecule has 2 heterocycles. The molecule has 0 spiro atoms. The Labute approximate surface area is 234 Å². The third-order valence-corrected chi connectivity index (χ3v) is 8.19. The molecule has 8 heteroatoms. The third kappa shape index (κ3) is 5.24. The van der Waals surface area contributed by atoms with Gasteiger partial charge in [-0.15, -0.1) is 11.3 Å². The van der Waals surface area contributed by atoms with Crippen LogP contribution in [0.4, 0.5) is 10.5 Å². The Morgan fingerprint density at radius 2 is 1.64 bits per heavy atom. The number of hydrogen-bond acceptors (Lipinski definition) is 6. The molecule has 1 aliphatic carbocycles. The first-order valence-corrected chi connectivity index (χ1v) is 13.6. The molecule has 2 aromatic heterocycles. The van der Waals surface area contributed by atoms with Gasteiger partial charge in [0.25, 0.3) is 6.47 Å². The first kappa shape index (κ1) is 25.1. The maximum atomic E-state index is 12.8. The first-order valence-electron chi connectivity index (χ1n) is 12.4. The molecule has 0 bridgehead atoms. The normalized spacial score (nSPS) is 13.6. The highest BCUT2D eigenvalue weighted by Crippen LogP contribution is 2.49. The van der Waals surface area contributed by atoms with Crippen molar-refractivity contribution in [3.8, 4) is 21.6 Å². The van der Waals surface area contributed by atoms with Crippen LogP contribution in [0.25, 0.3) is 31.8 Å². The Kier molecular flexibility index (Phi) is 6.77. The zero-order valence-electron chi connectivity index (χ0n) is 20.7. The number of carbonyl (C=O) groups is 2. The van der Waals surface area contributed by atoms with Crippen LogP contribution in [-0.2, 0) is 26.5 Å². The average molecular weight is 555 g/mol. The van der Waals surface area contributed by atoms with E-state index >= 15 is 0 Å². The summed E-state index contributed by atoms with van der Waals surface area (Å²) in [5, 5.41) is 4.17. The fraction of sp³-hybridized carbons (Fsp3) is 0.129. The van der Waals surface area contributed by atoms with Crippen LogP contribution in [0.3, 0.4) is 0 Å². The molecule has 5 aromatic rings. The molecule has 6 nitrogen and oxygen atoms in total. The van der Waals surface area contributed by atoms with Gasteiger partial charge in [0.05, 0.1) is 15.6 Å². The molecule has 194 valence electrons. The smallest absolute Gasteiger partial charge is 0.412 e. The van der Waals surface area contributed by atoms with Crippen molar-refractivity contribution in [1.29, 1.82) is 0 Å². The average Bonchev–Trinajstić information content (AvgIpc) is 3.68. The summed E-state index contributed by atoms with van der Waals surface area (Å²) in [6.07, 6.45) is 2.75. The van der Waals surface area contributed by atoms with Crippen molar-refractivity contribution in [3.05, 3.63) is 107 Å². The third-order valence-electron chi connectivity index (χ3n) is 6.82. The Hall–Kier alpha value is -4.20. The van der Waals surface area contributed by atoms with Gasteiger partial charge in [-0.25, -0.2) is 9.78 Å². The number of fused-ring (bicyclic) bond motifs is 1. The molecule has 1 fully saturated rings. The van der Waals surface area contributed by atoms with Gasteiger partial charge in [0, 0.05) is 11.6 Å². The Bertz CT molecular complexity index is 1650. The lowest BCUT2D eigenvalue weighted by Crippen LogP contribution is -2.13. The van der Waals surface area contributed by atoms with E-state index < -0.39 is 11.7 Å². The lowest BCUT2D eigenvalue weighted by molar-refractivity contribution is -0.136. The van der Waals surface area contributed by atoms with Crippen LogP contribution in [0.5, 0.6) is 0 Å². The number of anilines is 1. The highest BCUT2D eigenvalue weighted by Gasteiger charge is 2.46. The number of amides is 1. The van der Waals surface area contributed by atoms with Gasteiger partial charge in [0.1, 0.15) is 17.0 Å². The Balaban J connectivity index is 1.26. The van der Waals surface area contributed by atoms with Gasteiger partial charge in [0.15, 0.2) is 0 Å². The van der Waals surface area contributed by atoms with E-state index in [1.807, 2.05) is 78.9 Å². The number of aromatic nitrogens is 1. The van der Waals surface area contributed by atoms with Crippen LogP contribution in [0, 0.1) is 0 Å². The number of pyridine rings is 1. The second kappa shape index (κ2) is 10.5. The molecular weight excluding hydrogens is 532 g/mol. The Morgan fingerprint density at radius 3 is 2.31 bits per heavy atom. The fourth-order valence-corrected chi connectivity index (χ4v) is 5.85. The molecule has 0 radical (unpaired) electrons. The van der Waals surface area contributed by atoms with Gasteiger partial charge in [-0.1, -0.05) is 90.5 Å². The van der Waals surface area contributed by atoms with E-state index in [4.69, 9.17) is 21.1 Å². The molecule has 6 rings (SSSR count). The van der Waals surface area contributed by atoms with Gasteiger partial charge < -0.3 is 9.47 Å². The van der Waals surface area contributed by atoms with E-state index in [-0.39, 0.29) is 6.61 Å². The highest BCUT2D eigenvalue weighted by atomic mass is 35.5. The topological polar surface area (TPSA) is 77.5 Å². The van der Waals surface area contributed by atoms with Crippen molar-refractivity contribution < 1.29 is 19.1 Å². The second-order valence-electron chi connectivity index (χ2n) is 9.36. The number of benzene rings is 3. The van der Waals surface area contributed by atoms with E-state index in [1.165, 1.54) is 11.3 Å². The summed E-state index contributed by atoms with van der Waals surface area (Å²) in [6, 6.07) is 27.6. The van der Waals surface area contributed by atoms with Gasteiger partial charge >= 0.3 is 6.09 Å². The van der Waals surface area contributed by atoms with Crippen molar-refractivity contribution in [2.45, 2.75) is 25.0 Å². The van der Waals surface area contributed by atoms with E-state index in [0.717, 1.165) is 55.8 Å². The number of ether oxygens (including phenoxy) is 2. The molecule has 39 heavy (non-hydrogen) atoms. The summed E-state index contributed by atoms with van der Waals surface area (Å²) in [5.41, 5.74) is 5.12. The molecule has 0 saturated heterocycles. The van der Waals surface area contributed by atoms with Crippen LogP contribution in [0.15, 0.2) is 91.1 Å². The van der Waals surface area contributed by atoms with Crippen LogP contribution in [-0.4, -0.2) is 17.5 Å². The number of hydrogen-bond donors (Lipinski definition) is 1. The summed E-state index contributed by atoms with van der Waals surface area (Å²) < 4.78 is 10.8. The van der Waals surface area contributed by atoms with Crippen LogP contribution >= 0.6 is 22.9 Å². The van der Waals surface area contributed by atoms with Crippen molar-refractivity contribution in [2.75, 3.05) is 5.32 Å². The monoisotopic (exact) mass is 554 g/mol. The molecule has 1 amide bonds. The van der Waals surface area contributed by atoms with Gasteiger partial charge in [0.2, 0.25) is 0 Å². The summed E-state index contributed by atoms with van der Waals surface area (Å²) >= 11 is 7.72. The molecule has 1 aliphatic rings. The maximum absolute atomic E-state index is 12.8. The standard InChI is InChI=1S/C31H23ClN2O4S/c32-25-16-26-27(34-30(36)37-18-20-4-2-1-3-5-20)28(39-29(26)33-17-25)23-8-6-21(7-9-23)22-10-12-24(13-11-22)31(14-15-31)38-19-35/h1-13,16-17,19H,14-15,18H2,(H,34,36). The van der Waals surface area contributed by atoms with Crippen molar-refractivity contribution in [3.63, 3.8) is 0 Å². The summed E-state index contributed by atoms with van der Waals surface area (Å²) in [5.74, 6) is 0. The molecule has 1 N–H and O–H groups in total. The molecular formula is C31H23ClN2O4S. The molecule has 3 aromatic carbocycles. The zero-order chi connectivity index (χ0) is 26.8. The quantitative estimate of drug-likeness (QED) is 0.196. The zero-order valence-corrected chi connectivity index (χ0v) is 22.3. The van der Waals surface area contributed by atoms with Crippen LogP contribution < -0.4 is 5.32 Å². The first-order chi connectivity index (χ1) is 19.0. The minimum atomic E-state index is -0.552. The second-order valence-corrected chi connectivity index (χ2v) is 10.8. The van der Waals surface area contributed by atoms with Crippen molar-refractivity contribution >= 4 is 51.4 Å². The SMILES string of the molecule is O=COC1(c2ccc(-c3ccc(-c4sc5ncc(Cl)cc5c4NC(=O)OCc4ccccc4)cc3)cc2)CC1. The number of thiophene rings is 1. The number of rotatable bonds is 8. The highest BCUT2D eigenvalue weighted by molar-refractivity contribution is 7.22. The van der Waals surface area contributed by atoms with Gasteiger partial charge in [-0.05, 0) is 46.7 Å². The summed E-state index contributed by atoms with van der Waals surface area (Å²) in [6.45, 7) is 0.697. The van der Waals surface area contributed by atoms with Crippen LogP contribution in [0.1, 0.15) is 24.0 Å². The largest absolute Gasteiger partial charge is 0.456 e. The predicted molar refractivity (Wildman–Crippen MR) is 154 cm³/mol. The van der Waals surface area contributed by atoms with E-state index in [0.29, 0.717) is 17.2 Å². The Morgan fingerprint density at radius 1 is 0.974 bits per heavy atom.